The molecule has 18 heavy (non-hydrogen) atoms. The maximum absolute atomic E-state index is 5.69. The maximum atomic E-state index is 5.69. The number of nitrogens with two attached hydrogens (primary N) is 1. The van der Waals surface area contributed by atoms with Crippen molar-refractivity contribution in [2.75, 3.05) is 12.8 Å². The van der Waals surface area contributed by atoms with Crippen LogP contribution in [0, 0.1) is 0 Å². The van der Waals surface area contributed by atoms with Crippen molar-refractivity contribution in [2.24, 2.45) is 0 Å². The molecule has 5 nitrogen and oxygen atoms in total. The SMILES string of the molecule is COc1cnn(C(C)C)c1Cc1ccnc(N)c1. The zero-order valence-electron chi connectivity index (χ0n) is 10.9. The van der Waals surface area contributed by atoms with Crippen LogP contribution in [0.2, 0.25) is 0 Å². The second-order valence-corrected chi connectivity index (χ2v) is 4.46. The van der Waals surface area contributed by atoms with Gasteiger partial charge in [0.15, 0.2) is 5.75 Å². The highest BCUT2D eigenvalue weighted by Crippen LogP contribution is 2.24. The number of hydrogen-bond donors (Lipinski definition) is 1. The second-order valence-electron chi connectivity index (χ2n) is 4.46. The minimum absolute atomic E-state index is 0.295. The minimum Gasteiger partial charge on any atom is -0.493 e. The summed E-state index contributed by atoms with van der Waals surface area (Å²) in [5, 5.41) is 4.35. The summed E-state index contributed by atoms with van der Waals surface area (Å²) in [6, 6.07) is 4.12. The highest BCUT2D eigenvalue weighted by atomic mass is 16.5. The average Bonchev–Trinajstić information content (AvgIpc) is 2.72. The highest BCUT2D eigenvalue weighted by Gasteiger charge is 2.14. The van der Waals surface area contributed by atoms with Gasteiger partial charge >= 0.3 is 0 Å². The van der Waals surface area contributed by atoms with Crippen LogP contribution in [0.15, 0.2) is 24.5 Å². The van der Waals surface area contributed by atoms with Crippen molar-refractivity contribution in [2.45, 2.75) is 26.3 Å². The Bertz CT molecular complexity index is 534. The van der Waals surface area contributed by atoms with Gasteiger partial charge in [-0.2, -0.15) is 5.10 Å². The van der Waals surface area contributed by atoms with E-state index < -0.39 is 0 Å². The van der Waals surface area contributed by atoms with Crippen molar-refractivity contribution in [1.29, 1.82) is 0 Å². The molecule has 2 aromatic heterocycles. The lowest BCUT2D eigenvalue weighted by molar-refractivity contribution is 0.406. The van der Waals surface area contributed by atoms with Gasteiger partial charge < -0.3 is 10.5 Å². The molecule has 5 heteroatoms. The van der Waals surface area contributed by atoms with Crippen molar-refractivity contribution in [1.82, 2.24) is 14.8 Å². The van der Waals surface area contributed by atoms with Crippen molar-refractivity contribution < 1.29 is 4.74 Å². The fourth-order valence-electron chi connectivity index (χ4n) is 1.95. The predicted octanol–water partition coefficient (Wildman–Crippen LogP) is 2.04. The molecular formula is C13H18N4O. The van der Waals surface area contributed by atoms with Gasteiger partial charge in [0.2, 0.25) is 0 Å². The Morgan fingerprint density at radius 2 is 2.22 bits per heavy atom. The van der Waals surface area contributed by atoms with E-state index in [2.05, 4.69) is 23.9 Å². The van der Waals surface area contributed by atoms with E-state index in [1.54, 1.807) is 19.5 Å². The summed E-state index contributed by atoms with van der Waals surface area (Å²) in [5.41, 5.74) is 7.85. The number of aromatic nitrogens is 3. The molecule has 0 aliphatic rings. The highest BCUT2D eigenvalue weighted by molar-refractivity contribution is 5.37. The standard InChI is InChI=1S/C13H18N4O/c1-9(2)17-11(12(18-3)8-16-17)6-10-4-5-15-13(14)7-10/h4-5,7-9H,6H2,1-3H3,(H2,14,15). The number of pyridine rings is 1. The lowest BCUT2D eigenvalue weighted by Crippen LogP contribution is -2.08. The van der Waals surface area contributed by atoms with Gasteiger partial charge in [-0.1, -0.05) is 0 Å². The molecule has 0 radical (unpaired) electrons. The van der Waals surface area contributed by atoms with E-state index in [1.807, 2.05) is 16.8 Å². The number of hydrogen-bond acceptors (Lipinski definition) is 4. The van der Waals surface area contributed by atoms with Crippen molar-refractivity contribution in [3.05, 3.63) is 35.8 Å². The van der Waals surface area contributed by atoms with E-state index in [4.69, 9.17) is 10.5 Å². The molecule has 0 aliphatic carbocycles. The molecule has 0 atom stereocenters. The van der Waals surface area contributed by atoms with E-state index in [-0.39, 0.29) is 0 Å². The summed E-state index contributed by atoms with van der Waals surface area (Å²) in [5.74, 6) is 1.33. The number of ether oxygens (including phenoxy) is 1. The minimum atomic E-state index is 0.295. The molecule has 0 amide bonds. The van der Waals surface area contributed by atoms with Crippen LogP contribution in [0.1, 0.15) is 31.1 Å². The third-order valence-corrected chi connectivity index (χ3v) is 2.79. The number of nitrogens with zero attached hydrogens (tertiary/aromatic N) is 3. The van der Waals surface area contributed by atoms with Crippen LogP contribution >= 0.6 is 0 Å². The normalized spacial score (nSPS) is 10.9. The Kier molecular flexibility index (Phi) is 3.50. The quantitative estimate of drug-likeness (QED) is 0.896. The fourth-order valence-corrected chi connectivity index (χ4v) is 1.95. The second kappa shape index (κ2) is 5.08. The van der Waals surface area contributed by atoms with Crippen LogP contribution in [0.3, 0.4) is 0 Å². The molecule has 0 saturated heterocycles. The molecule has 2 heterocycles. The average molecular weight is 246 g/mol. The van der Waals surface area contributed by atoms with Crippen LogP contribution in [-0.4, -0.2) is 21.9 Å². The zero-order valence-corrected chi connectivity index (χ0v) is 10.9. The van der Waals surface area contributed by atoms with Crippen LogP contribution in [0.25, 0.3) is 0 Å². The summed E-state index contributed by atoms with van der Waals surface area (Å²) >= 11 is 0. The van der Waals surface area contributed by atoms with Crippen molar-refractivity contribution in [3.8, 4) is 5.75 Å². The summed E-state index contributed by atoms with van der Waals surface area (Å²) in [6.07, 6.45) is 4.20. The first-order chi connectivity index (χ1) is 8.61. The Morgan fingerprint density at radius 3 is 2.83 bits per heavy atom. The van der Waals surface area contributed by atoms with Gasteiger partial charge in [0, 0.05) is 18.7 Å². The lowest BCUT2D eigenvalue weighted by Gasteiger charge is -2.12. The third kappa shape index (κ3) is 2.45. The predicted molar refractivity (Wildman–Crippen MR) is 70.6 cm³/mol. The number of methoxy groups -OCH3 is 1. The Hall–Kier alpha value is -2.04. The van der Waals surface area contributed by atoms with Crippen LogP contribution < -0.4 is 10.5 Å². The molecule has 2 aromatic rings. The molecule has 0 aromatic carbocycles. The van der Waals surface area contributed by atoms with E-state index in [0.29, 0.717) is 11.9 Å². The molecule has 0 bridgehead atoms. The third-order valence-electron chi connectivity index (χ3n) is 2.79. The fraction of sp³-hybridized carbons (Fsp3) is 0.385. The van der Waals surface area contributed by atoms with Crippen LogP contribution in [-0.2, 0) is 6.42 Å². The molecule has 96 valence electrons. The largest absolute Gasteiger partial charge is 0.493 e. The lowest BCUT2D eigenvalue weighted by atomic mass is 10.1. The molecule has 0 spiro atoms. The summed E-state index contributed by atoms with van der Waals surface area (Å²) in [4.78, 5) is 3.99. The molecular weight excluding hydrogens is 228 g/mol. The summed E-state index contributed by atoms with van der Waals surface area (Å²) in [7, 11) is 1.66. The van der Waals surface area contributed by atoms with Gasteiger partial charge in [-0.15, -0.1) is 0 Å². The first-order valence-electron chi connectivity index (χ1n) is 5.92. The molecule has 0 unspecified atom stereocenters. The summed E-state index contributed by atoms with van der Waals surface area (Å²) < 4.78 is 7.32. The van der Waals surface area contributed by atoms with Crippen LogP contribution in [0.5, 0.6) is 5.75 Å². The molecule has 0 fully saturated rings. The van der Waals surface area contributed by atoms with Gasteiger partial charge in [-0.3, -0.25) is 4.68 Å². The molecule has 0 saturated carbocycles. The number of nitrogen functional groups attached to an aromatic ring is 1. The van der Waals surface area contributed by atoms with Gasteiger partial charge in [-0.05, 0) is 31.5 Å². The van der Waals surface area contributed by atoms with Gasteiger partial charge in [0.1, 0.15) is 5.82 Å². The molecule has 2 rings (SSSR count). The van der Waals surface area contributed by atoms with E-state index in [0.717, 1.165) is 23.4 Å². The maximum Gasteiger partial charge on any atom is 0.160 e. The topological polar surface area (TPSA) is 66.0 Å². The Balaban J connectivity index is 2.35. The van der Waals surface area contributed by atoms with Crippen molar-refractivity contribution >= 4 is 5.82 Å². The number of anilines is 1. The van der Waals surface area contributed by atoms with E-state index in [9.17, 15) is 0 Å². The monoisotopic (exact) mass is 246 g/mol. The van der Waals surface area contributed by atoms with Gasteiger partial charge in [-0.25, -0.2) is 4.98 Å². The molecule has 2 N–H and O–H groups in total. The summed E-state index contributed by atoms with van der Waals surface area (Å²) in [6.45, 7) is 4.19. The Morgan fingerprint density at radius 1 is 1.44 bits per heavy atom. The zero-order chi connectivity index (χ0) is 13.1. The smallest absolute Gasteiger partial charge is 0.160 e. The van der Waals surface area contributed by atoms with Gasteiger partial charge in [0.05, 0.1) is 19.0 Å². The first-order valence-corrected chi connectivity index (χ1v) is 5.92. The number of rotatable bonds is 4. The molecule has 0 aliphatic heterocycles. The van der Waals surface area contributed by atoms with E-state index >= 15 is 0 Å². The first kappa shape index (κ1) is 12.4. The Labute approximate surface area is 107 Å². The van der Waals surface area contributed by atoms with Gasteiger partial charge in [0.25, 0.3) is 0 Å². The van der Waals surface area contributed by atoms with Crippen LogP contribution in [0.4, 0.5) is 5.82 Å². The van der Waals surface area contributed by atoms with E-state index in [1.165, 1.54) is 0 Å². The van der Waals surface area contributed by atoms with Crippen molar-refractivity contribution in [3.63, 3.8) is 0 Å².